The molecule has 3 heterocycles. The summed E-state index contributed by atoms with van der Waals surface area (Å²) in [5.41, 5.74) is 5.64. The average molecular weight is 1450 g/mol. The van der Waals surface area contributed by atoms with Crippen LogP contribution in [-0.2, 0) is 19.0 Å². The summed E-state index contributed by atoms with van der Waals surface area (Å²) in [6.07, 6.45) is 4.37. The van der Waals surface area contributed by atoms with Gasteiger partial charge in [0, 0.05) is 47.5 Å². The number of esters is 3. The molecule has 3 aromatic heterocycles. The topological polar surface area (TPSA) is 364 Å². The number of benzene rings is 10. The van der Waals surface area contributed by atoms with Crippen molar-refractivity contribution in [3.8, 4) is 154 Å². The maximum atomic E-state index is 11.8. The monoisotopic (exact) mass is 1450 g/mol. The number of hydrogen-bond donors (Lipinski definition) is 7. The van der Waals surface area contributed by atoms with E-state index < -0.39 is 17.9 Å². The van der Waals surface area contributed by atoms with E-state index in [0.29, 0.717) is 108 Å². The molecule has 0 unspecified atom stereocenters. The molecule has 0 fully saturated rings. The van der Waals surface area contributed by atoms with Gasteiger partial charge in [0.15, 0.2) is 52.4 Å². The van der Waals surface area contributed by atoms with Gasteiger partial charge in [-0.15, -0.1) is 0 Å². The van der Waals surface area contributed by atoms with E-state index >= 15 is 0 Å². The number of nitrogens with one attached hydrogen (secondary N) is 1. The normalized spacial score (nSPS) is 10.6. The van der Waals surface area contributed by atoms with Crippen molar-refractivity contribution in [1.29, 1.82) is 0 Å². The number of hydrogen-bond acceptors (Lipinski definition) is 24. The van der Waals surface area contributed by atoms with E-state index in [4.69, 9.17) is 23.7 Å². The summed E-state index contributed by atoms with van der Waals surface area (Å²) in [7, 11) is 3.94. The summed E-state index contributed by atoms with van der Waals surface area (Å²) < 4.78 is 25.9. The van der Waals surface area contributed by atoms with Gasteiger partial charge < -0.3 is 59.6 Å². The van der Waals surface area contributed by atoms with E-state index in [1.807, 2.05) is 30.3 Å². The highest BCUT2D eigenvalue weighted by atomic mass is 16.5. The molecule has 0 aliphatic rings. The number of phenolic OH excluding ortho intramolecular Hbond substituents is 6. The number of anilines is 1. The van der Waals surface area contributed by atoms with Gasteiger partial charge >= 0.3 is 17.9 Å². The van der Waals surface area contributed by atoms with Crippen molar-refractivity contribution >= 4 is 29.5 Å². The Morgan fingerprint density at radius 3 is 0.991 bits per heavy atom. The predicted molar refractivity (Wildman–Crippen MR) is 403 cm³/mol. The van der Waals surface area contributed by atoms with Crippen molar-refractivity contribution in [2.75, 3.05) is 33.3 Å². The fourth-order valence-electron chi connectivity index (χ4n) is 10.7. The molecule has 0 aliphatic carbocycles. The molecule has 108 heavy (non-hydrogen) atoms. The van der Waals surface area contributed by atoms with Crippen LogP contribution >= 0.6 is 0 Å². The van der Waals surface area contributed by atoms with Crippen molar-refractivity contribution in [3.63, 3.8) is 0 Å². The molecule has 25 heteroatoms. The number of rotatable bonds is 21. The number of para-hydroxylation sites is 4. The van der Waals surface area contributed by atoms with Crippen LogP contribution in [0.3, 0.4) is 0 Å². The van der Waals surface area contributed by atoms with Gasteiger partial charge in [-0.25, -0.2) is 59.2 Å². The number of methoxy groups -OCH3 is 3. The summed E-state index contributed by atoms with van der Waals surface area (Å²) in [6.45, 7) is 4.10. The third-order valence-electron chi connectivity index (χ3n) is 16.3. The van der Waals surface area contributed by atoms with Crippen molar-refractivity contribution in [1.82, 2.24) is 44.9 Å². The minimum Gasteiger partial charge on any atom is -0.507 e. The second-order valence-electron chi connectivity index (χ2n) is 23.8. The van der Waals surface area contributed by atoms with Crippen LogP contribution < -0.4 is 14.8 Å². The van der Waals surface area contributed by atoms with Crippen molar-refractivity contribution in [2.24, 2.45) is 0 Å². The zero-order chi connectivity index (χ0) is 76.2. The summed E-state index contributed by atoms with van der Waals surface area (Å²) in [4.78, 5) is 87.6. The van der Waals surface area contributed by atoms with Gasteiger partial charge in [-0.1, -0.05) is 117 Å². The molecular weight excluding hydrogens is 1380 g/mol. The second-order valence-corrected chi connectivity index (χ2v) is 23.8. The lowest BCUT2D eigenvalue weighted by Gasteiger charge is -2.12. The zero-order valence-electron chi connectivity index (χ0n) is 58.9. The van der Waals surface area contributed by atoms with E-state index in [-0.39, 0.29) is 81.2 Å². The number of nitrogens with zero attached hydrogens (tertiary/aromatic N) is 9. The Hall–Kier alpha value is -14.5. The molecule has 0 aliphatic heterocycles. The first-order valence-corrected chi connectivity index (χ1v) is 33.7. The Labute approximate surface area is 619 Å². The Morgan fingerprint density at radius 1 is 0.324 bits per heavy atom. The van der Waals surface area contributed by atoms with Crippen LogP contribution in [0.15, 0.2) is 231 Å². The number of carbonyl (C=O) groups is 4. The fraction of sp³-hybridized carbons (Fsp3) is 0.120. The number of unbranched alkanes of at least 4 members (excludes halogenated alkanes) is 3. The zero-order valence-corrected chi connectivity index (χ0v) is 58.9. The number of aromatic nitrogens is 9. The van der Waals surface area contributed by atoms with Gasteiger partial charge in [0.2, 0.25) is 5.91 Å². The van der Waals surface area contributed by atoms with Gasteiger partial charge in [-0.05, 0) is 128 Å². The van der Waals surface area contributed by atoms with Crippen molar-refractivity contribution in [3.05, 3.63) is 247 Å². The molecule has 542 valence electrons. The van der Waals surface area contributed by atoms with Crippen LogP contribution in [0.25, 0.3) is 102 Å². The Kier molecular flexibility index (Phi) is 24.3. The summed E-state index contributed by atoms with van der Waals surface area (Å²) in [6, 6.07) is 63.4. The van der Waals surface area contributed by atoms with Gasteiger partial charge in [-0.2, -0.15) is 0 Å². The molecule has 10 aromatic carbocycles. The first-order chi connectivity index (χ1) is 52.4. The fourth-order valence-corrected chi connectivity index (χ4v) is 10.7. The first kappa shape index (κ1) is 74.7. The standard InChI is InChI=1S/C29H21N3O5.C29H29N3O5.C25H20N4O5/c1-36-29(35)19-13-11-18(12-14-19)26-30-27(22-9-5-6-10-24(22)33)32-28(31-26)23-16-15-21(17-25(23)34)37-20-7-3-2-4-8-20;1-3-4-5-8-17-37-21-15-16-23(25(34)18-21)28-31-26(19-11-13-20(14-12-19)29(35)36-2)30-27(32-28)22-9-6-7-10-24(22)33;1-14(30)26-17-11-12-19(21(32)13-17)24-28-22(15-7-9-16(10-8-15)25(33)34-2)27-23(29-24)18-5-3-4-6-20(18)31/h2-17,33-34H,1H3;6-7,9-16,18,33-34H,3-5,8,17H2,1-2H3;3-13,31-32H,1-2H3,(H,26,30). The van der Waals surface area contributed by atoms with E-state index in [0.717, 1.165) is 19.3 Å². The van der Waals surface area contributed by atoms with Gasteiger partial charge in [0.25, 0.3) is 0 Å². The molecular formula is C83H70N10O15. The third kappa shape index (κ3) is 18.6. The highest BCUT2D eigenvalue weighted by molar-refractivity contribution is 5.92. The molecule has 0 saturated carbocycles. The Bertz CT molecular complexity index is 5380. The van der Waals surface area contributed by atoms with E-state index in [1.54, 1.807) is 176 Å². The number of ether oxygens (including phenoxy) is 5. The van der Waals surface area contributed by atoms with Crippen LogP contribution in [0.1, 0.15) is 70.6 Å². The molecule has 0 radical (unpaired) electrons. The maximum absolute atomic E-state index is 11.8. The van der Waals surface area contributed by atoms with E-state index in [2.05, 4.69) is 57.1 Å². The van der Waals surface area contributed by atoms with Gasteiger partial charge in [-0.3, -0.25) is 4.79 Å². The van der Waals surface area contributed by atoms with Crippen LogP contribution in [0.4, 0.5) is 5.69 Å². The molecule has 0 saturated heterocycles. The van der Waals surface area contributed by atoms with Crippen LogP contribution in [0.5, 0.6) is 51.7 Å². The number of carbonyl (C=O) groups excluding carboxylic acids is 4. The summed E-state index contributed by atoms with van der Waals surface area (Å²) >= 11 is 0. The minimum absolute atomic E-state index is 0.00229. The molecule has 13 rings (SSSR count). The molecule has 1 amide bonds. The number of amides is 1. The average Bonchev–Trinajstić information content (AvgIpc) is 0.797. The largest absolute Gasteiger partial charge is 0.507 e. The lowest BCUT2D eigenvalue weighted by molar-refractivity contribution is -0.114. The minimum atomic E-state index is -0.470. The van der Waals surface area contributed by atoms with Crippen molar-refractivity contribution in [2.45, 2.75) is 39.5 Å². The molecule has 0 bridgehead atoms. The molecule has 0 spiro atoms. The SMILES string of the molecule is CCCCCCOc1ccc(-c2nc(-c3ccc(C(=O)OC)cc3)nc(-c3ccccc3O)n2)c(O)c1.COC(=O)c1ccc(-c2nc(-c3ccccc3O)nc(-c3ccc(NC(C)=O)cc3O)n2)cc1.COC(=O)c1ccc(-c2nc(-c3ccccc3O)nc(-c3ccc(Oc4ccccc4)cc3O)n2)cc1. The quantitative estimate of drug-likeness (QED) is 0.0200. The van der Waals surface area contributed by atoms with Gasteiger partial charge in [0.1, 0.15) is 51.7 Å². The van der Waals surface area contributed by atoms with E-state index in [9.17, 15) is 49.8 Å². The highest BCUT2D eigenvalue weighted by Crippen LogP contribution is 2.39. The van der Waals surface area contributed by atoms with E-state index in [1.165, 1.54) is 58.9 Å². The van der Waals surface area contributed by atoms with Crippen LogP contribution in [0.2, 0.25) is 0 Å². The second kappa shape index (κ2) is 35.1. The Balaban J connectivity index is 0.000000161. The van der Waals surface area contributed by atoms with Crippen LogP contribution in [-0.4, -0.2) is 127 Å². The lowest BCUT2D eigenvalue weighted by atomic mass is 10.1. The lowest BCUT2D eigenvalue weighted by Crippen LogP contribution is -2.05. The molecule has 25 nitrogen and oxygen atoms in total. The first-order valence-electron chi connectivity index (χ1n) is 33.7. The third-order valence-corrected chi connectivity index (χ3v) is 16.3. The van der Waals surface area contributed by atoms with Crippen molar-refractivity contribution < 1.29 is 73.5 Å². The summed E-state index contributed by atoms with van der Waals surface area (Å²) in [5, 5.41) is 66.1. The number of aromatic hydroxyl groups is 6. The molecule has 0 atom stereocenters. The summed E-state index contributed by atoms with van der Waals surface area (Å²) in [5.74, 6) is 1.85. The highest BCUT2D eigenvalue weighted by Gasteiger charge is 2.22. The number of phenols is 6. The van der Waals surface area contributed by atoms with Gasteiger partial charge in [0.05, 0.1) is 78.0 Å². The smallest absolute Gasteiger partial charge is 0.337 e. The van der Waals surface area contributed by atoms with Crippen LogP contribution in [0, 0.1) is 0 Å². The molecule has 7 N–H and O–H groups in total. The molecule has 13 aromatic rings. The predicted octanol–water partition coefficient (Wildman–Crippen LogP) is 15.9. The maximum Gasteiger partial charge on any atom is 0.337 e. The Morgan fingerprint density at radius 2 is 0.648 bits per heavy atom.